The SMILES string of the molecule is Cc1coc(N(Cc2ccccc2)C(=O)c2cc3c(cc2Br)OCO3)n1. The lowest BCUT2D eigenvalue weighted by Crippen LogP contribution is -2.31. The van der Waals surface area contributed by atoms with E-state index in [9.17, 15) is 4.79 Å². The van der Waals surface area contributed by atoms with Gasteiger partial charge in [-0.25, -0.2) is 0 Å². The molecule has 4 rings (SSSR count). The third-order valence-electron chi connectivity index (χ3n) is 3.96. The predicted molar refractivity (Wildman–Crippen MR) is 98.5 cm³/mol. The van der Waals surface area contributed by atoms with Gasteiger partial charge in [0.2, 0.25) is 6.79 Å². The molecule has 0 N–H and O–H groups in total. The number of carbonyl (C=O) groups is 1. The van der Waals surface area contributed by atoms with Crippen LogP contribution >= 0.6 is 15.9 Å². The maximum Gasteiger partial charge on any atom is 0.304 e. The van der Waals surface area contributed by atoms with Gasteiger partial charge >= 0.3 is 6.01 Å². The maximum atomic E-state index is 13.3. The fourth-order valence-corrected chi connectivity index (χ4v) is 3.18. The Balaban J connectivity index is 1.73. The van der Waals surface area contributed by atoms with Crippen LogP contribution in [-0.4, -0.2) is 17.7 Å². The highest BCUT2D eigenvalue weighted by molar-refractivity contribution is 9.10. The lowest BCUT2D eigenvalue weighted by atomic mass is 10.1. The zero-order valence-corrected chi connectivity index (χ0v) is 15.5. The largest absolute Gasteiger partial charge is 0.454 e. The van der Waals surface area contributed by atoms with Crippen molar-refractivity contribution in [3.8, 4) is 11.5 Å². The monoisotopic (exact) mass is 414 g/mol. The molecule has 0 radical (unpaired) electrons. The first-order valence-electron chi connectivity index (χ1n) is 7.99. The molecule has 7 heteroatoms. The fraction of sp³-hybridized carbons (Fsp3) is 0.158. The summed E-state index contributed by atoms with van der Waals surface area (Å²) in [6.45, 7) is 2.29. The molecule has 132 valence electrons. The fourth-order valence-electron chi connectivity index (χ4n) is 2.68. The standard InChI is InChI=1S/C19H15BrN2O4/c1-12-10-24-19(21-12)22(9-13-5-3-2-4-6-13)18(23)14-7-16-17(8-15(14)20)26-11-25-16/h2-8,10H,9,11H2,1H3. The molecule has 0 aliphatic carbocycles. The molecule has 1 aliphatic heterocycles. The predicted octanol–water partition coefficient (Wildman–Crippen LogP) is 4.32. The van der Waals surface area contributed by atoms with E-state index in [4.69, 9.17) is 13.9 Å². The Morgan fingerprint density at radius 1 is 1.19 bits per heavy atom. The first-order chi connectivity index (χ1) is 12.6. The molecule has 0 bridgehead atoms. The molecule has 1 aliphatic rings. The van der Waals surface area contributed by atoms with Crippen molar-refractivity contribution in [3.63, 3.8) is 0 Å². The van der Waals surface area contributed by atoms with E-state index in [-0.39, 0.29) is 18.7 Å². The van der Waals surface area contributed by atoms with Gasteiger partial charge in [-0.3, -0.25) is 9.69 Å². The van der Waals surface area contributed by atoms with Crippen molar-refractivity contribution >= 4 is 27.9 Å². The summed E-state index contributed by atoms with van der Waals surface area (Å²) in [5.74, 6) is 0.899. The molecule has 2 aromatic carbocycles. The molecule has 0 fully saturated rings. The average Bonchev–Trinajstić information content (AvgIpc) is 3.27. The molecule has 26 heavy (non-hydrogen) atoms. The number of benzene rings is 2. The zero-order chi connectivity index (χ0) is 18.1. The molecule has 1 aromatic heterocycles. The summed E-state index contributed by atoms with van der Waals surface area (Å²) < 4.78 is 16.9. The number of nitrogens with zero attached hydrogens (tertiary/aromatic N) is 2. The van der Waals surface area contributed by atoms with Gasteiger partial charge in [0.15, 0.2) is 11.5 Å². The lowest BCUT2D eigenvalue weighted by Gasteiger charge is -2.20. The van der Waals surface area contributed by atoms with Crippen LogP contribution in [0.4, 0.5) is 6.01 Å². The van der Waals surface area contributed by atoms with Gasteiger partial charge in [0.05, 0.1) is 17.8 Å². The number of hydrogen-bond donors (Lipinski definition) is 0. The molecule has 2 heterocycles. The van der Waals surface area contributed by atoms with Crippen LogP contribution in [0.15, 0.2) is 57.6 Å². The average molecular weight is 415 g/mol. The third kappa shape index (κ3) is 3.17. The second kappa shape index (κ2) is 6.84. The summed E-state index contributed by atoms with van der Waals surface area (Å²) in [7, 11) is 0. The van der Waals surface area contributed by atoms with E-state index < -0.39 is 0 Å². The highest BCUT2D eigenvalue weighted by Gasteiger charge is 2.27. The number of rotatable bonds is 4. The first kappa shape index (κ1) is 16.7. The number of hydrogen-bond acceptors (Lipinski definition) is 5. The van der Waals surface area contributed by atoms with Gasteiger partial charge in [0.25, 0.3) is 5.91 Å². The van der Waals surface area contributed by atoms with Crippen LogP contribution in [0.5, 0.6) is 11.5 Å². The van der Waals surface area contributed by atoms with Crippen molar-refractivity contribution < 1.29 is 18.7 Å². The van der Waals surface area contributed by atoms with E-state index in [2.05, 4.69) is 20.9 Å². The Bertz CT molecular complexity index is 955. The number of fused-ring (bicyclic) bond motifs is 1. The minimum Gasteiger partial charge on any atom is -0.454 e. The number of oxazole rings is 1. The first-order valence-corrected chi connectivity index (χ1v) is 8.78. The molecule has 6 nitrogen and oxygen atoms in total. The normalized spacial score (nSPS) is 12.2. The number of ether oxygens (including phenoxy) is 2. The molecule has 0 saturated heterocycles. The summed E-state index contributed by atoms with van der Waals surface area (Å²) >= 11 is 3.45. The molecule has 0 atom stereocenters. The number of aromatic nitrogens is 1. The van der Waals surface area contributed by atoms with Crippen molar-refractivity contribution in [1.29, 1.82) is 0 Å². The highest BCUT2D eigenvalue weighted by Crippen LogP contribution is 2.37. The summed E-state index contributed by atoms with van der Waals surface area (Å²) in [5, 5.41) is 0. The summed E-state index contributed by atoms with van der Waals surface area (Å²) in [6.07, 6.45) is 1.52. The number of aryl methyl sites for hydroxylation is 1. The van der Waals surface area contributed by atoms with Crippen LogP contribution in [0.1, 0.15) is 21.6 Å². The summed E-state index contributed by atoms with van der Waals surface area (Å²) in [6, 6.07) is 13.3. The minimum atomic E-state index is -0.249. The van der Waals surface area contributed by atoms with E-state index in [1.807, 2.05) is 37.3 Å². The van der Waals surface area contributed by atoms with Crippen molar-refractivity contribution in [2.24, 2.45) is 0 Å². The second-order valence-corrected chi connectivity index (χ2v) is 6.69. The molecule has 0 unspecified atom stereocenters. The summed E-state index contributed by atoms with van der Waals surface area (Å²) in [5.41, 5.74) is 2.12. The number of halogens is 1. The van der Waals surface area contributed by atoms with Crippen LogP contribution < -0.4 is 14.4 Å². The summed E-state index contributed by atoms with van der Waals surface area (Å²) in [4.78, 5) is 19.1. The van der Waals surface area contributed by atoms with Gasteiger partial charge in [-0.05, 0) is 40.5 Å². The van der Waals surface area contributed by atoms with Crippen molar-refractivity contribution in [1.82, 2.24) is 4.98 Å². The Morgan fingerprint density at radius 2 is 1.92 bits per heavy atom. The quantitative estimate of drug-likeness (QED) is 0.635. The number of carbonyl (C=O) groups excluding carboxylic acids is 1. The minimum absolute atomic E-state index is 0.145. The van der Waals surface area contributed by atoms with Crippen LogP contribution in [0.2, 0.25) is 0 Å². The second-order valence-electron chi connectivity index (χ2n) is 5.83. The van der Waals surface area contributed by atoms with Gasteiger partial charge in [-0.1, -0.05) is 30.3 Å². The van der Waals surface area contributed by atoms with Gasteiger partial charge in [0.1, 0.15) is 6.26 Å². The van der Waals surface area contributed by atoms with E-state index in [0.29, 0.717) is 33.8 Å². The van der Waals surface area contributed by atoms with Gasteiger partial charge in [-0.15, -0.1) is 0 Å². The third-order valence-corrected chi connectivity index (χ3v) is 4.62. The topological polar surface area (TPSA) is 64.8 Å². The molecular weight excluding hydrogens is 400 g/mol. The smallest absolute Gasteiger partial charge is 0.304 e. The van der Waals surface area contributed by atoms with Crippen LogP contribution in [0.3, 0.4) is 0 Å². The maximum absolute atomic E-state index is 13.3. The van der Waals surface area contributed by atoms with Crippen molar-refractivity contribution in [2.75, 3.05) is 11.7 Å². The molecule has 0 spiro atoms. The highest BCUT2D eigenvalue weighted by atomic mass is 79.9. The van der Waals surface area contributed by atoms with E-state index >= 15 is 0 Å². The molecule has 3 aromatic rings. The Hall–Kier alpha value is -2.80. The van der Waals surface area contributed by atoms with E-state index in [0.717, 1.165) is 5.56 Å². The van der Waals surface area contributed by atoms with E-state index in [1.165, 1.54) is 11.2 Å². The van der Waals surface area contributed by atoms with Crippen molar-refractivity contribution in [3.05, 3.63) is 70.0 Å². The van der Waals surface area contributed by atoms with E-state index in [1.54, 1.807) is 12.1 Å². The van der Waals surface area contributed by atoms with Crippen LogP contribution in [0, 0.1) is 6.92 Å². The van der Waals surface area contributed by atoms with Crippen molar-refractivity contribution in [2.45, 2.75) is 13.5 Å². The molecule has 1 amide bonds. The lowest BCUT2D eigenvalue weighted by molar-refractivity contribution is 0.0978. The van der Waals surface area contributed by atoms with Gasteiger partial charge < -0.3 is 13.9 Å². The Kier molecular flexibility index (Phi) is 4.38. The Labute approximate surface area is 158 Å². The van der Waals surface area contributed by atoms with Gasteiger partial charge in [-0.2, -0.15) is 4.98 Å². The van der Waals surface area contributed by atoms with Crippen LogP contribution in [-0.2, 0) is 6.54 Å². The number of anilines is 1. The zero-order valence-electron chi connectivity index (χ0n) is 13.9. The molecule has 0 saturated carbocycles. The molecular formula is C19H15BrN2O4. The Morgan fingerprint density at radius 3 is 2.62 bits per heavy atom. The van der Waals surface area contributed by atoms with Gasteiger partial charge in [0, 0.05) is 4.47 Å². The van der Waals surface area contributed by atoms with Crippen LogP contribution in [0.25, 0.3) is 0 Å². The number of amides is 1.